The fourth-order valence-electron chi connectivity index (χ4n) is 1.51. The number of hydrogen-bond acceptors (Lipinski definition) is 4. The molecular weight excluding hydrogens is 323 g/mol. The minimum atomic E-state index is -0.665. The summed E-state index contributed by atoms with van der Waals surface area (Å²) in [5, 5.41) is 13.4. The maximum absolute atomic E-state index is 12.0. The van der Waals surface area contributed by atoms with Crippen LogP contribution in [0.25, 0.3) is 0 Å². The quantitative estimate of drug-likeness (QED) is 0.633. The maximum Gasteiger partial charge on any atom is 0.290 e. The van der Waals surface area contributed by atoms with Gasteiger partial charge in [-0.05, 0) is 31.4 Å². The molecule has 8 heteroatoms. The Morgan fingerprint density at radius 1 is 1.50 bits per heavy atom. The van der Waals surface area contributed by atoms with E-state index in [0.29, 0.717) is 0 Å². The molecular formula is C12H14Cl2N2O3S. The van der Waals surface area contributed by atoms with Crippen molar-refractivity contribution in [2.24, 2.45) is 0 Å². The first-order valence-electron chi connectivity index (χ1n) is 5.80. The Bertz CT molecular complexity index is 526. The van der Waals surface area contributed by atoms with E-state index in [1.807, 2.05) is 13.2 Å². The Morgan fingerprint density at radius 3 is 2.70 bits per heavy atom. The molecule has 0 aliphatic rings. The molecule has 1 amide bonds. The normalized spacial score (nSPS) is 12.0. The average molecular weight is 337 g/mol. The van der Waals surface area contributed by atoms with Crippen molar-refractivity contribution in [1.82, 2.24) is 5.32 Å². The number of nitro benzene ring substituents is 1. The lowest BCUT2D eigenvalue weighted by molar-refractivity contribution is -0.384. The summed E-state index contributed by atoms with van der Waals surface area (Å²) in [5.74, 6) is 0.517. The molecule has 1 rings (SSSR count). The lowest BCUT2D eigenvalue weighted by atomic mass is 10.1. The van der Waals surface area contributed by atoms with Crippen molar-refractivity contribution in [1.29, 1.82) is 0 Å². The number of benzene rings is 1. The van der Waals surface area contributed by atoms with Crippen molar-refractivity contribution < 1.29 is 9.72 Å². The fraction of sp³-hybridized carbons (Fsp3) is 0.417. The van der Waals surface area contributed by atoms with Gasteiger partial charge in [-0.1, -0.05) is 23.2 Å². The first kappa shape index (κ1) is 17.1. The minimum Gasteiger partial charge on any atom is -0.350 e. The second kappa shape index (κ2) is 7.71. The van der Waals surface area contributed by atoms with Crippen molar-refractivity contribution in [2.45, 2.75) is 19.4 Å². The Labute approximate surface area is 131 Å². The van der Waals surface area contributed by atoms with Gasteiger partial charge in [-0.25, -0.2) is 0 Å². The van der Waals surface area contributed by atoms with Crippen LogP contribution in [0.4, 0.5) is 5.69 Å². The number of carbonyl (C=O) groups is 1. The van der Waals surface area contributed by atoms with Crippen molar-refractivity contribution in [3.63, 3.8) is 0 Å². The maximum atomic E-state index is 12.0. The topological polar surface area (TPSA) is 72.2 Å². The first-order valence-corrected chi connectivity index (χ1v) is 7.95. The van der Waals surface area contributed by atoms with Gasteiger partial charge in [0.25, 0.3) is 11.6 Å². The van der Waals surface area contributed by atoms with Crippen LogP contribution in [-0.2, 0) is 0 Å². The van der Waals surface area contributed by atoms with E-state index in [1.54, 1.807) is 11.8 Å². The van der Waals surface area contributed by atoms with E-state index in [9.17, 15) is 14.9 Å². The van der Waals surface area contributed by atoms with Crippen molar-refractivity contribution in [2.75, 3.05) is 12.0 Å². The summed E-state index contributed by atoms with van der Waals surface area (Å²) in [6.07, 6.45) is 2.80. The second-order valence-electron chi connectivity index (χ2n) is 4.20. The van der Waals surface area contributed by atoms with Crippen LogP contribution in [0.1, 0.15) is 23.7 Å². The van der Waals surface area contributed by atoms with Crippen molar-refractivity contribution in [3.05, 3.63) is 37.9 Å². The van der Waals surface area contributed by atoms with Crippen LogP contribution in [0.5, 0.6) is 0 Å². The molecule has 0 aliphatic carbocycles. The zero-order valence-electron chi connectivity index (χ0n) is 11.0. The number of nitrogens with zero attached hydrogens (tertiary/aromatic N) is 1. The van der Waals surface area contributed by atoms with Gasteiger partial charge in [0.05, 0.1) is 9.95 Å². The molecule has 0 radical (unpaired) electrons. The zero-order chi connectivity index (χ0) is 15.3. The molecule has 0 aromatic heterocycles. The van der Waals surface area contributed by atoms with E-state index in [4.69, 9.17) is 23.2 Å². The van der Waals surface area contributed by atoms with Crippen molar-refractivity contribution >= 4 is 46.6 Å². The van der Waals surface area contributed by atoms with E-state index < -0.39 is 10.8 Å². The van der Waals surface area contributed by atoms with Gasteiger partial charge < -0.3 is 5.32 Å². The van der Waals surface area contributed by atoms with E-state index in [-0.39, 0.29) is 27.3 Å². The molecule has 0 fully saturated rings. The van der Waals surface area contributed by atoms with E-state index in [2.05, 4.69) is 5.32 Å². The van der Waals surface area contributed by atoms with Crippen LogP contribution in [0.2, 0.25) is 10.0 Å². The Hall–Kier alpha value is -0.980. The third-order valence-corrected chi connectivity index (χ3v) is 4.04. The largest absolute Gasteiger partial charge is 0.350 e. The summed E-state index contributed by atoms with van der Waals surface area (Å²) < 4.78 is 0. The molecule has 0 saturated carbocycles. The highest BCUT2D eigenvalue weighted by Gasteiger charge is 2.20. The number of carbonyl (C=O) groups excluding carboxylic acids is 1. The van der Waals surface area contributed by atoms with Gasteiger partial charge in [-0.3, -0.25) is 14.9 Å². The third-order valence-electron chi connectivity index (χ3n) is 2.60. The molecule has 1 N–H and O–H groups in total. The molecule has 110 valence electrons. The predicted molar refractivity (Wildman–Crippen MR) is 83.0 cm³/mol. The Morgan fingerprint density at radius 2 is 2.15 bits per heavy atom. The highest BCUT2D eigenvalue weighted by Crippen LogP contribution is 2.33. The lowest BCUT2D eigenvalue weighted by Gasteiger charge is -2.13. The number of nitro groups is 1. The number of rotatable bonds is 6. The summed E-state index contributed by atoms with van der Waals surface area (Å²) in [4.78, 5) is 22.2. The number of thioether (sulfide) groups is 1. The average Bonchev–Trinajstić information content (AvgIpc) is 2.38. The summed E-state index contributed by atoms with van der Waals surface area (Å²) in [6, 6.07) is 2.43. The fourth-order valence-corrected chi connectivity index (χ4v) is 2.49. The molecule has 0 spiro atoms. The van der Waals surface area contributed by atoms with Crippen LogP contribution >= 0.6 is 35.0 Å². The van der Waals surface area contributed by atoms with Gasteiger partial charge in [-0.2, -0.15) is 11.8 Å². The van der Waals surface area contributed by atoms with Gasteiger partial charge in [0.2, 0.25) is 0 Å². The van der Waals surface area contributed by atoms with Gasteiger partial charge in [0, 0.05) is 17.7 Å². The predicted octanol–water partition coefficient (Wildman–Crippen LogP) is 3.77. The SMILES string of the molecule is CSCCC(C)NC(=O)c1cc(Cl)c(Cl)c([N+](=O)[O-])c1. The minimum absolute atomic E-state index is 0.0113. The molecule has 1 atom stereocenters. The van der Waals surface area contributed by atoms with Gasteiger partial charge in [0.15, 0.2) is 0 Å². The number of amides is 1. The molecule has 5 nitrogen and oxygen atoms in total. The van der Waals surface area contributed by atoms with Gasteiger partial charge in [0.1, 0.15) is 5.02 Å². The summed E-state index contributed by atoms with van der Waals surface area (Å²) in [6.45, 7) is 1.88. The standard InChI is InChI=1S/C12H14Cl2N2O3S/c1-7(3-4-20-2)15-12(17)8-5-9(13)11(14)10(6-8)16(18)19/h5-7H,3-4H2,1-2H3,(H,15,17). The van der Waals surface area contributed by atoms with Crippen LogP contribution in [0.15, 0.2) is 12.1 Å². The summed E-state index contributed by atoms with van der Waals surface area (Å²) in [5.41, 5.74) is -0.247. The molecule has 1 aromatic rings. The van der Waals surface area contributed by atoms with E-state index >= 15 is 0 Å². The highest BCUT2D eigenvalue weighted by atomic mass is 35.5. The Balaban J connectivity index is 2.91. The van der Waals surface area contributed by atoms with Crippen LogP contribution in [0.3, 0.4) is 0 Å². The monoisotopic (exact) mass is 336 g/mol. The first-order chi connectivity index (χ1) is 9.36. The molecule has 1 unspecified atom stereocenters. The molecule has 0 bridgehead atoms. The smallest absolute Gasteiger partial charge is 0.290 e. The number of hydrogen-bond donors (Lipinski definition) is 1. The van der Waals surface area contributed by atoms with Crippen LogP contribution in [0, 0.1) is 10.1 Å². The summed E-state index contributed by atoms with van der Waals surface area (Å²) in [7, 11) is 0. The van der Waals surface area contributed by atoms with Gasteiger partial charge in [-0.15, -0.1) is 0 Å². The van der Waals surface area contributed by atoms with Gasteiger partial charge >= 0.3 is 0 Å². The molecule has 1 aromatic carbocycles. The molecule has 0 heterocycles. The van der Waals surface area contributed by atoms with Crippen LogP contribution < -0.4 is 5.32 Å². The van der Waals surface area contributed by atoms with Crippen molar-refractivity contribution in [3.8, 4) is 0 Å². The summed E-state index contributed by atoms with van der Waals surface area (Å²) >= 11 is 13.2. The molecule has 0 aliphatic heterocycles. The number of halogens is 2. The molecule has 0 saturated heterocycles. The second-order valence-corrected chi connectivity index (χ2v) is 5.98. The van der Waals surface area contributed by atoms with Crippen LogP contribution in [-0.4, -0.2) is 28.9 Å². The highest BCUT2D eigenvalue weighted by molar-refractivity contribution is 7.98. The Kier molecular flexibility index (Phi) is 6.58. The van der Waals surface area contributed by atoms with E-state index in [1.165, 1.54) is 6.07 Å². The third kappa shape index (κ3) is 4.54. The number of nitrogens with one attached hydrogen (secondary N) is 1. The zero-order valence-corrected chi connectivity index (χ0v) is 13.3. The van der Waals surface area contributed by atoms with E-state index in [0.717, 1.165) is 18.2 Å². The molecule has 20 heavy (non-hydrogen) atoms. The lowest BCUT2D eigenvalue weighted by Crippen LogP contribution is -2.33.